The first-order chi connectivity index (χ1) is 12.2. The Bertz CT molecular complexity index is 876. The Morgan fingerprint density at radius 3 is 2.84 bits per heavy atom. The second kappa shape index (κ2) is 7.81. The molecule has 0 saturated heterocycles. The fraction of sp³-hybridized carbons (Fsp3) is 0.158. The fourth-order valence-corrected chi connectivity index (χ4v) is 3.11. The van der Waals surface area contributed by atoms with Crippen LogP contribution in [-0.2, 0) is 4.74 Å². The van der Waals surface area contributed by atoms with Gasteiger partial charge in [-0.15, -0.1) is 11.3 Å². The Labute approximate surface area is 150 Å². The van der Waals surface area contributed by atoms with E-state index in [1.165, 1.54) is 18.4 Å². The molecule has 0 bridgehead atoms. The number of nitrogens with zero attached hydrogens (tertiary/aromatic N) is 1. The van der Waals surface area contributed by atoms with Crippen molar-refractivity contribution in [2.24, 2.45) is 0 Å². The van der Waals surface area contributed by atoms with Crippen LogP contribution in [0.3, 0.4) is 0 Å². The van der Waals surface area contributed by atoms with E-state index >= 15 is 0 Å². The van der Waals surface area contributed by atoms with E-state index in [9.17, 15) is 4.79 Å². The van der Waals surface area contributed by atoms with Crippen molar-refractivity contribution >= 4 is 28.1 Å². The second-order valence-corrected chi connectivity index (χ2v) is 6.02. The van der Waals surface area contributed by atoms with E-state index in [1.54, 1.807) is 18.2 Å². The Hall–Kier alpha value is -2.86. The maximum atomic E-state index is 11.6. The molecule has 0 amide bonds. The van der Waals surface area contributed by atoms with Crippen molar-refractivity contribution in [3.8, 4) is 17.0 Å². The smallest absolute Gasteiger partial charge is 0.337 e. The predicted octanol–water partition coefficient (Wildman–Crippen LogP) is 4.74. The van der Waals surface area contributed by atoms with Gasteiger partial charge in [-0.3, -0.25) is 0 Å². The molecule has 0 spiro atoms. The number of thiazole rings is 1. The maximum Gasteiger partial charge on any atom is 0.337 e. The van der Waals surface area contributed by atoms with Crippen LogP contribution in [0.25, 0.3) is 11.3 Å². The van der Waals surface area contributed by atoms with Gasteiger partial charge < -0.3 is 14.8 Å². The van der Waals surface area contributed by atoms with Gasteiger partial charge in [-0.25, -0.2) is 9.78 Å². The zero-order valence-corrected chi connectivity index (χ0v) is 14.8. The predicted molar refractivity (Wildman–Crippen MR) is 99.8 cm³/mol. The lowest BCUT2D eigenvalue weighted by Gasteiger charge is -2.07. The van der Waals surface area contributed by atoms with Crippen LogP contribution < -0.4 is 10.1 Å². The highest BCUT2D eigenvalue weighted by Crippen LogP contribution is 2.33. The van der Waals surface area contributed by atoms with Crippen molar-refractivity contribution in [3.05, 3.63) is 59.5 Å². The van der Waals surface area contributed by atoms with Crippen LogP contribution in [0.15, 0.2) is 53.9 Å². The largest absolute Gasteiger partial charge is 0.493 e. The number of benzene rings is 2. The van der Waals surface area contributed by atoms with Crippen LogP contribution in [0.1, 0.15) is 17.3 Å². The third kappa shape index (κ3) is 3.97. The molecule has 0 saturated carbocycles. The number of anilines is 2. The summed E-state index contributed by atoms with van der Waals surface area (Å²) in [5.74, 6) is 0.448. The average Bonchev–Trinajstić information content (AvgIpc) is 3.10. The van der Waals surface area contributed by atoms with E-state index < -0.39 is 0 Å². The Kier molecular flexibility index (Phi) is 5.30. The number of esters is 1. The molecule has 0 unspecified atom stereocenters. The minimum Gasteiger partial charge on any atom is -0.493 e. The summed E-state index contributed by atoms with van der Waals surface area (Å²) in [4.78, 5) is 16.3. The number of ether oxygens (including phenoxy) is 2. The van der Waals surface area contributed by atoms with Gasteiger partial charge in [0.25, 0.3) is 0 Å². The second-order valence-electron chi connectivity index (χ2n) is 5.16. The van der Waals surface area contributed by atoms with E-state index in [0.717, 1.165) is 27.8 Å². The summed E-state index contributed by atoms with van der Waals surface area (Å²) in [6, 6.07) is 15.0. The van der Waals surface area contributed by atoms with Gasteiger partial charge in [0.15, 0.2) is 5.13 Å². The Morgan fingerprint density at radius 2 is 2.04 bits per heavy atom. The van der Waals surface area contributed by atoms with Crippen molar-refractivity contribution in [3.63, 3.8) is 0 Å². The van der Waals surface area contributed by atoms with Gasteiger partial charge >= 0.3 is 5.97 Å². The average molecular weight is 354 g/mol. The highest BCUT2D eigenvalue weighted by Gasteiger charge is 2.11. The zero-order valence-electron chi connectivity index (χ0n) is 14.0. The number of carbonyl (C=O) groups is 1. The molecule has 2 aromatic carbocycles. The summed E-state index contributed by atoms with van der Waals surface area (Å²) in [6.45, 7) is 2.56. The van der Waals surface area contributed by atoms with Crippen molar-refractivity contribution < 1.29 is 14.3 Å². The third-order valence-corrected chi connectivity index (χ3v) is 4.26. The minimum atomic E-state index is -0.367. The molecule has 1 heterocycles. The zero-order chi connectivity index (χ0) is 17.6. The molecule has 0 aliphatic heterocycles. The Morgan fingerprint density at radius 1 is 1.20 bits per heavy atom. The number of methoxy groups -OCH3 is 1. The van der Waals surface area contributed by atoms with Crippen LogP contribution in [-0.4, -0.2) is 24.7 Å². The van der Waals surface area contributed by atoms with Gasteiger partial charge in [0, 0.05) is 16.6 Å². The number of hydrogen-bond acceptors (Lipinski definition) is 6. The molecule has 25 heavy (non-hydrogen) atoms. The van der Waals surface area contributed by atoms with E-state index in [0.29, 0.717) is 12.2 Å². The summed E-state index contributed by atoms with van der Waals surface area (Å²) in [6.07, 6.45) is 0. The third-order valence-electron chi connectivity index (χ3n) is 3.50. The fourth-order valence-electron chi connectivity index (χ4n) is 2.38. The summed E-state index contributed by atoms with van der Waals surface area (Å²) in [5.41, 5.74) is 3.07. The van der Waals surface area contributed by atoms with Crippen molar-refractivity contribution in [1.82, 2.24) is 4.98 Å². The topological polar surface area (TPSA) is 60.5 Å². The summed E-state index contributed by atoms with van der Waals surface area (Å²) in [5, 5.41) is 5.94. The van der Waals surface area contributed by atoms with E-state index in [-0.39, 0.29) is 5.97 Å². The molecule has 0 atom stereocenters. The molecular weight excluding hydrogens is 336 g/mol. The molecule has 128 valence electrons. The summed E-state index contributed by atoms with van der Waals surface area (Å²) in [7, 11) is 1.37. The number of nitrogens with one attached hydrogen (secondary N) is 1. The number of hydrogen-bond donors (Lipinski definition) is 1. The number of rotatable bonds is 6. The first-order valence-electron chi connectivity index (χ1n) is 7.84. The monoisotopic (exact) mass is 354 g/mol. The molecule has 1 aromatic heterocycles. The van der Waals surface area contributed by atoms with Gasteiger partial charge in [0.1, 0.15) is 5.75 Å². The molecule has 0 radical (unpaired) electrons. The van der Waals surface area contributed by atoms with Crippen LogP contribution in [0.2, 0.25) is 0 Å². The molecule has 5 nitrogen and oxygen atoms in total. The number of para-hydroxylation sites is 1. The van der Waals surface area contributed by atoms with Crippen LogP contribution in [0, 0.1) is 0 Å². The van der Waals surface area contributed by atoms with Crippen LogP contribution in [0.5, 0.6) is 5.75 Å². The minimum absolute atomic E-state index is 0.367. The van der Waals surface area contributed by atoms with Gasteiger partial charge in [0.05, 0.1) is 25.0 Å². The molecule has 1 N–H and O–H groups in total. The van der Waals surface area contributed by atoms with Gasteiger partial charge in [0.2, 0.25) is 0 Å². The van der Waals surface area contributed by atoms with Gasteiger partial charge in [-0.05, 0) is 37.3 Å². The van der Waals surface area contributed by atoms with Crippen molar-refractivity contribution in [2.75, 3.05) is 19.0 Å². The highest BCUT2D eigenvalue weighted by atomic mass is 32.1. The lowest BCUT2D eigenvalue weighted by Crippen LogP contribution is -2.01. The number of aromatic nitrogens is 1. The highest BCUT2D eigenvalue weighted by molar-refractivity contribution is 7.14. The van der Waals surface area contributed by atoms with Gasteiger partial charge in [-0.1, -0.05) is 18.2 Å². The lowest BCUT2D eigenvalue weighted by atomic mass is 10.1. The quantitative estimate of drug-likeness (QED) is 0.648. The Balaban J connectivity index is 1.82. The molecule has 3 aromatic rings. The number of carbonyl (C=O) groups excluding carboxylic acids is 1. The normalized spacial score (nSPS) is 10.3. The van der Waals surface area contributed by atoms with E-state index in [1.807, 2.05) is 42.6 Å². The summed E-state index contributed by atoms with van der Waals surface area (Å²) >= 11 is 1.49. The molecular formula is C19H18N2O3S. The molecule has 0 aliphatic carbocycles. The standard InChI is InChI=1S/C19H18N2O3S/c1-3-24-17-10-5-4-9-15(17)16-12-25-19(21-16)20-14-8-6-7-13(11-14)18(22)23-2/h4-12H,3H2,1-2H3,(H,20,21). The first kappa shape index (κ1) is 17.0. The van der Waals surface area contributed by atoms with Crippen molar-refractivity contribution in [1.29, 1.82) is 0 Å². The van der Waals surface area contributed by atoms with Crippen LogP contribution >= 0.6 is 11.3 Å². The first-order valence-corrected chi connectivity index (χ1v) is 8.72. The van der Waals surface area contributed by atoms with E-state index in [4.69, 9.17) is 9.47 Å². The van der Waals surface area contributed by atoms with Crippen molar-refractivity contribution in [2.45, 2.75) is 6.92 Å². The molecule has 3 rings (SSSR count). The lowest BCUT2D eigenvalue weighted by molar-refractivity contribution is 0.0601. The molecule has 0 fully saturated rings. The van der Waals surface area contributed by atoms with E-state index in [2.05, 4.69) is 10.3 Å². The van der Waals surface area contributed by atoms with Crippen LogP contribution in [0.4, 0.5) is 10.8 Å². The SMILES string of the molecule is CCOc1ccccc1-c1csc(Nc2cccc(C(=O)OC)c2)n1. The maximum absolute atomic E-state index is 11.6. The molecule has 6 heteroatoms. The van der Waals surface area contributed by atoms with Gasteiger partial charge in [-0.2, -0.15) is 0 Å². The summed E-state index contributed by atoms with van der Waals surface area (Å²) < 4.78 is 10.4. The molecule has 0 aliphatic rings.